The number of nitrogens with one attached hydrogen (secondary N) is 1. The molecule has 0 aliphatic carbocycles. The number of carbonyl (C=O) groups is 2. The van der Waals surface area contributed by atoms with Gasteiger partial charge in [0.2, 0.25) is 0 Å². The van der Waals surface area contributed by atoms with Gasteiger partial charge in [0, 0.05) is 32.6 Å². The standard InChI is InChI=1S/C24H28N4O3/c1-18(29)23-14-22(26-28(23)20-10-6-3-7-11-20)24(30)25-15-21-17-27(12-13-31-21)16-19-8-4-2-5-9-19/h2-11,21,23H,12-17H2,1H3,(H,25,30). The lowest BCUT2D eigenvalue weighted by atomic mass is 10.1. The minimum atomic E-state index is -0.449. The molecule has 2 aliphatic rings. The van der Waals surface area contributed by atoms with Crippen molar-refractivity contribution in [3.63, 3.8) is 0 Å². The van der Waals surface area contributed by atoms with Gasteiger partial charge in [-0.2, -0.15) is 5.10 Å². The third kappa shape index (κ3) is 5.37. The molecule has 2 unspecified atom stereocenters. The van der Waals surface area contributed by atoms with Crippen molar-refractivity contribution in [3.8, 4) is 0 Å². The Kier molecular flexibility index (Phi) is 6.74. The van der Waals surface area contributed by atoms with Crippen molar-refractivity contribution in [2.45, 2.75) is 32.0 Å². The van der Waals surface area contributed by atoms with Crippen LogP contribution in [0.2, 0.25) is 0 Å². The van der Waals surface area contributed by atoms with Crippen molar-refractivity contribution >= 4 is 23.1 Å². The minimum absolute atomic E-state index is 0.0115. The van der Waals surface area contributed by atoms with E-state index in [1.54, 1.807) is 5.01 Å². The van der Waals surface area contributed by atoms with E-state index in [0.717, 1.165) is 25.3 Å². The third-order valence-corrected chi connectivity index (χ3v) is 5.62. The summed E-state index contributed by atoms with van der Waals surface area (Å²) in [5.41, 5.74) is 2.45. The first kappa shape index (κ1) is 21.2. The van der Waals surface area contributed by atoms with Crippen molar-refractivity contribution in [1.82, 2.24) is 10.2 Å². The molecule has 2 aromatic carbocycles. The number of hydrogen-bond acceptors (Lipinski definition) is 6. The maximum absolute atomic E-state index is 12.8. The molecule has 0 radical (unpaired) electrons. The summed E-state index contributed by atoms with van der Waals surface area (Å²) in [6, 6.07) is 19.4. The fourth-order valence-electron chi connectivity index (χ4n) is 3.98. The van der Waals surface area contributed by atoms with Gasteiger partial charge in [-0.15, -0.1) is 0 Å². The molecule has 1 fully saturated rings. The molecule has 1 N–H and O–H groups in total. The van der Waals surface area contributed by atoms with Crippen molar-refractivity contribution in [3.05, 3.63) is 66.2 Å². The van der Waals surface area contributed by atoms with Gasteiger partial charge in [-0.25, -0.2) is 0 Å². The molecule has 2 atom stereocenters. The maximum atomic E-state index is 12.8. The Hall–Kier alpha value is -3.03. The van der Waals surface area contributed by atoms with Gasteiger partial charge in [-0.3, -0.25) is 19.5 Å². The second-order valence-corrected chi connectivity index (χ2v) is 7.98. The zero-order chi connectivity index (χ0) is 21.6. The summed E-state index contributed by atoms with van der Waals surface area (Å²) in [7, 11) is 0. The minimum Gasteiger partial charge on any atom is -0.374 e. The van der Waals surface area contributed by atoms with Gasteiger partial charge in [-0.1, -0.05) is 48.5 Å². The van der Waals surface area contributed by atoms with Gasteiger partial charge in [0.1, 0.15) is 11.8 Å². The van der Waals surface area contributed by atoms with Crippen LogP contribution in [0.1, 0.15) is 18.9 Å². The largest absolute Gasteiger partial charge is 0.374 e. The van der Waals surface area contributed by atoms with E-state index in [2.05, 4.69) is 27.5 Å². The van der Waals surface area contributed by atoms with Crippen LogP contribution in [-0.4, -0.2) is 60.7 Å². The van der Waals surface area contributed by atoms with Crippen LogP contribution in [0.15, 0.2) is 65.8 Å². The van der Waals surface area contributed by atoms with E-state index in [0.29, 0.717) is 25.3 Å². The predicted molar refractivity (Wildman–Crippen MR) is 120 cm³/mol. The first-order chi connectivity index (χ1) is 15.1. The second kappa shape index (κ2) is 9.85. The zero-order valence-corrected chi connectivity index (χ0v) is 17.7. The molecular formula is C24H28N4O3. The van der Waals surface area contributed by atoms with E-state index in [4.69, 9.17) is 4.74 Å². The third-order valence-electron chi connectivity index (χ3n) is 5.62. The number of para-hydroxylation sites is 1. The Morgan fingerprint density at radius 1 is 1.10 bits per heavy atom. The molecule has 2 aliphatic heterocycles. The predicted octanol–water partition coefficient (Wildman–Crippen LogP) is 2.23. The molecule has 1 amide bonds. The van der Waals surface area contributed by atoms with E-state index in [1.807, 2.05) is 48.5 Å². The number of morpholine rings is 1. The SMILES string of the molecule is CC(=O)C1CC(C(=O)NCC2CN(Cc3ccccc3)CCO2)=NN1c1ccccc1. The quantitative estimate of drug-likeness (QED) is 0.744. The van der Waals surface area contributed by atoms with Gasteiger partial charge < -0.3 is 10.1 Å². The zero-order valence-electron chi connectivity index (χ0n) is 17.7. The van der Waals surface area contributed by atoms with Gasteiger partial charge in [-0.05, 0) is 24.6 Å². The average molecular weight is 421 g/mol. The molecule has 31 heavy (non-hydrogen) atoms. The number of benzene rings is 2. The van der Waals surface area contributed by atoms with Crippen LogP contribution in [0.25, 0.3) is 0 Å². The van der Waals surface area contributed by atoms with Crippen LogP contribution < -0.4 is 10.3 Å². The molecule has 2 aromatic rings. The number of hydrazone groups is 1. The molecule has 0 aromatic heterocycles. The van der Waals surface area contributed by atoms with Gasteiger partial charge in [0.05, 0.1) is 18.4 Å². The molecule has 7 heteroatoms. The van der Waals surface area contributed by atoms with Crippen LogP contribution in [0.4, 0.5) is 5.69 Å². The Morgan fingerprint density at radius 2 is 1.81 bits per heavy atom. The highest BCUT2D eigenvalue weighted by atomic mass is 16.5. The molecule has 1 saturated heterocycles. The Labute approximate surface area is 182 Å². The van der Waals surface area contributed by atoms with Crippen LogP contribution in [0.3, 0.4) is 0 Å². The summed E-state index contributed by atoms with van der Waals surface area (Å²) < 4.78 is 5.85. The van der Waals surface area contributed by atoms with E-state index in [9.17, 15) is 9.59 Å². The molecule has 0 saturated carbocycles. The normalized spacial score (nSPS) is 21.6. The van der Waals surface area contributed by atoms with Crippen LogP contribution in [0.5, 0.6) is 0 Å². The molecule has 0 bridgehead atoms. The Balaban J connectivity index is 1.33. The lowest BCUT2D eigenvalue weighted by molar-refractivity contribution is -0.118. The van der Waals surface area contributed by atoms with E-state index < -0.39 is 6.04 Å². The number of rotatable bonds is 7. The first-order valence-electron chi connectivity index (χ1n) is 10.7. The lowest BCUT2D eigenvalue weighted by Gasteiger charge is -2.33. The van der Waals surface area contributed by atoms with Crippen LogP contribution in [-0.2, 0) is 20.9 Å². The number of carbonyl (C=O) groups excluding carboxylic acids is 2. The first-order valence-corrected chi connectivity index (χ1v) is 10.7. The topological polar surface area (TPSA) is 74.2 Å². The van der Waals surface area contributed by atoms with Crippen LogP contribution in [0, 0.1) is 0 Å². The fraction of sp³-hybridized carbons (Fsp3) is 0.375. The lowest BCUT2D eigenvalue weighted by Crippen LogP contribution is -2.48. The number of ether oxygens (including phenoxy) is 1. The van der Waals surface area contributed by atoms with E-state index in [1.165, 1.54) is 12.5 Å². The van der Waals surface area contributed by atoms with Crippen molar-refractivity contribution in [2.24, 2.45) is 5.10 Å². The summed E-state index contributed by atoms with van der Waals surface area (Å²) in [5, 5.41) is 9.06. The van der Waals surface area contributed by atoms with Gasteiger partial charge in [0.15, 0.2) is 5.78 Å². The van der Waals surface area contributed by atoms with Crippen molar-refractivity contribution in [2.75, 3.05) is 31.3 Å². The second-order valence-electron chi connectivity index (χ2n) is 7.98. The number of ketones is 1. The molecule has 7 nitrogen and oxygen atoms in total. The average Bonchev–Trinajstić information content (AvgIpc) is 3.25. The van der Waals surface area contributed by atoms with Gasteiger partial charge in [0.25, 0.3) is 5.91 Å². The molecule has 162 valence electrons. The highest BCUT2D eigenvalue weighted by Gasteiger charge is 2.34. The van der Waals surface area contributed by atoms with Crippen LogP contribution >= 0.6 is 0 Å². The summed E-state index contributed by atoms with van der Waals surface area (Å²) in [6.45, 7) is 5.09. The van der Waals surface area contributed by atoms with E-state index >= 15 is 0 Å². The number of Topliss-reactive ketones (excluding diaryl/α,β-unsaturated/α-hetero) is 1. The summed E-state index contributed by atoms with van der Waals surface area (Å²) in [5.74, 6) is -0.254. The molecule has 4 rings (SSSR count). The number of nitrogens with zero attached hydrogens (tertiary/aromatic N) is 3. The fourth-order valence-corrected chi connectivity index (χ4v) is 3.98. The Bertz CT molecular complexity index is 932. The smallest absolute Gasteiger partial charge is 0.267 e. The van der Waals surface area contributed by atoms with Crippen molar-refractivity contribution in [1.29, 1.82) is 0 Å². The summed E-state index contributed by atoms with van der Waals surface area (Å²) in [6.07, 6.45) is 0.235. The van der Waals surface area contributed by atoms with Crippen molar-refractivity contribution < 1.29 is 14.3 Å². The molecule has 0 spiro atoms. The summed E-state index contributed by atoms with van der Waals surface area (Å²) >= 11 is 0. The van der Waals surface area contributed by atoms with E-state index in [-0.39, 0.29) is 17.8 Å². The molecular weight excluding hydrogens is 392 g/mol. The Morgan fingerprint density at radius 3 is 2.52 bits per heavy atom. The number of anilines is 1. The monoisotopic (exact) mass is 420 g/mol. The molecule has 2 heterocycles. The summed E-state index contributed by atoms with van der Waals surface area (Å²) in [4.78, 5) is 27.2. The van der Waals surface area contributed by atoms with Gasteiger partial charge >= 0.3 is 0 Å². The maximum Gasteiger partial charge on any atom is 0.267 e. The number of amides is 1. The highest BCUT2D eigenvalue weighted by molar-refractivity contribution is 6.40. The number of hydrogen-bond donors (Lipinski definition) is 1. The highest BCUT2D eigenvalue weighted by Crippen LogP contribution is 2.25.